The van der Waals surface area contributed by atoms with Crippen LogP contribution in [0.1, 0.15) is 6.92 Å². The van der Waals surface area contributed by atoms with Crippen LogP contribution in [-0.4, -0.2) is 16.1 Å². The highest BCUT2D eigenvalue weighted by Crippen LogP contribution is 2.08. The van der Waals surface area contributed by atoms with Crippen LogP contribution in [0.25, 0.3) is 0 Å². The van der Waals surface area contributed by atoms with Gasteiger partial charge in [0.2, 0.25) is 0 Å². The molecule has 0 aromatic heterocycles. The van der Waals surface area contributed by atoms with Crippen molar-refractivity contribution >= 4 is 37.0 Å². The standard InChI is InChI=1S/C4H10S3/c1-2-7-3-4(5)6/h4-6H,2-3H2,1H3. The topological polar surface area (TPSA) is 0 Å². The van der Waals surface area contributed by atoms with Crippen molar-refractivity contribution in [3.8, 4) is 0 Å². The highest BCUT2D eigenvalue weighted by Gasteiger charge is 1.90. The van der Waals surface area contributed by atoms with Gasteiger partial charge in [0.25, 0.3) is 0 Å². The highest BCUT2D eigenvalue weighted by atomic mass is 32.2. The van der Waals surface area contributed by atoms with Gasteiger partial charge in [-0.3, -0.25) is 0 Å². The van der Waals surface area contributed by atoms with Gasteiger partial charge in [0.1, 0.15) is 0 Å². The monoisotopic (exact) mass is 154 g/mol. The van der Waals surface area contributed by atoms with Crippen LogP contribution in [-0.2, 0) is 0 Å². The van der Waals surface area contributed by atoms with Gasteiger partial charge in [0.15, 0.2) is 0 Å². The molecule has 7 heavy (non-hydrogen) atoms. The lowest BCUT2D eigenvalue weighted by Gasteiger charge is -1.97. The number of rotatable bonds is 3. The van der Waals surface area contributed by atoms with Crippen LogP contribution >= 0.6 is 37.0 Å². The third-order valence-corrected chi connectivity index (χ3v) is 2.31. The van der Waals surface area contributed by atoms with Crippen LogP contribution in [0.15, 0.2) is 0 Å². The Kier molecular flexibility index (Phi) is 5.97. The second kappa shape index (κ2) is 5.19. The van der Waals surface area contributed by atoms with Crippen molar-refractivity contribution in [2.24, 2.45) is 0 Å². The van der Waals surface area contributed by atoms with Crippen molar-refractivity contribution in [2.75, 3.05) is 11.5 Å². The molecule has 0 spiro atoms. The minimum atomic E-state index is 0.255. The van der Waals surface area contributed by atoms with Crippen LogP contribution < -0.4 is 0 Å². The first-order valence-electron chi connectivity index (χ1n) is 2.21. The molecule has 0 rings (SSSR count). The van der Waals surface area contributed by atoms with E-state index < -0.39 is 0 Å². The van der Waals surface area contributed by atoms with Crippen molar-refractivity contribution in [1.29, 1.82) is 0 Å². The van der Waals surface area contributed by atoms with Crippen molar-refractivity contribution in [3.63, 3.8) is 0 Å². The molecule has 0 aliphatic carbocycles. The van der Waals surface area contributed by atoms with Gasteiger partial charge in [-0.05, 0) is 5.75 Å². The maximum atomic E-state index is 4.08. The number of thioether (sulfide) groups is 1. The molecule has 0 aliphatic rings. The zero-order valence-corrected chi connectivity index (χ0v) is 6.90. The summed E-state index contributed by atoms with van der Waals surface area (Å²) in [5, 5.41) is 0. The molecule has 0 saturated carbocycles. The fraction of sp³-hybridized carbons (Fsp3) is 1.00. The summed E-state index contributed by atoms with van der Waals surface area (Å²) in [4.78, 5) is 0. The van der Waals surface area contributed by atoms with Gasteiger partial charge in [-0.15, -0.1) is 0 Å². The van der Waals surface area contributed by atoms with Crippen LogP contribution in [0, 0.1) is 0 Å². The Morgan fingerprint density at radius 1 is 1.57 bits per heavy atom. The summed E-state index contributed by atoms with van der Waals surface area (Å²) in [6, 6.07) is 0. The molecule has 0 heterocycles. The first kappa shape index (κ1) is 8.05. The molecule has 0 unspecified atom stereocenters. The van der Waals surface area contributed by atoms with E-state index in [0.717, 1.165) is 11.5 Å². The van der Waals surface area contributed by atoms with E-state index in [0.29, 0.717) is 0 Å². The van der Waals surface area contributed by atoms with E-state index in [-0.39, 0.29) is 4.58 Å². The lowest BCUT2D eigenvalue weighted by Crippen LogP contribution is -1.89. The average Bonchev–Trinajstić information content (AvgIpc) is 1.61. The molecule has 0 N–H and O–H groups in total. The van der Waals surface area contributed by atoms with Gasteiger partial charge >= 0.3 is 0 Å². The number of hydrogen-bond acceptors (Lipinski definition) is 3. The average molecular weight is 154 g/mol. The lowest BCUT2D eigenvalue weighted by molar-refractivity contribution is 1.44. The first-order valence-corrected chi connectivity index (χ1v) is 4.40. The van der Waals surface area contributed by atoms with E-state index >= 15 is 0 Å². The van der Waals surface area contributed by atoms with Crippen LogP contribution in [0.5, 0.6) is 0 Å². The van der Waals surface area contributed by atoms with Crippen LogP contribution in [0.3, 0.4) is 0 Å². The summed E-state index contributed by atoms with van der Waals surface area (Å²) < 4.78 is 0.255. The van der Waals surface area contributed by atoms with Gasteiger partial charge in [-0.25, -0.2) is 0 Å². The molecule has 0 aromatic carbocycles. The summed E-state index contributed by atoms with van der Waals surface area (Å²) in [5.41, 5.74) is 0. The van der Waals surface area contributed by atoms with E-state index in [1.807, 2.05) is 11.8 Å². The summed E-state index contributed by atoms with van der Waals surface area (Å²) >= 11 is 10.0. The molecule has 3 heteroatoms. The molecule has 0 amide bonds. The molecule has 0 aromatic rings. The molecule has 0 saturated heterocycles. The smallest absolute Gasteiger partial charge is 0.0532 e. The summed E-state index contributed by atoms with van der Waals surface area (Å²) in [6.45, 7) is 2.13. The molecular formula is C4H10S3. The third-order valence-electron chi connectivity index (χ3n) is 0.471. The Morgan fingerprint density at radius 2 is 2.14 bits per heavy atom. The van der Waals surface area contributed by atoms with E-state index in [9.17, 15) is 0 Å². The Morgan fingerprint density at radius 3 is 2.29 bits per heavy atom. The fourth-order valence-electron chi connectivity index (χ4n) is 0.223. The fourth-order valence-corrected chi connectivity index (χ4v) is 1.30. The second-order valence-electron chi connectivity index (χ2n) is 1.14. The maximum absolute atomic E-state index is 4.08. The minimum absolute atomic E-state index is 0.255. The van der Waals surface area contributed by atoms with Crippen LogP contribution in [0.4, 0.5) is 0 Å². The van der Waals surface area contributed by atoms with E-state index in [4.69, 9.17) is 0 Å². The lowest BCUT2D eigenvalue weighted by atomic mass is 10.9. The van der Waals surface area contributed by atoms with Gasteiger partial charge < -0.3 is 0 Å². The summed E-state index contributed by atoms with van der Waals surface area (Å²) in [5.74, 6) is 2.21. The predicted molar refractivity (Wildman–Crippen MR) is 44.8 cm³/mol. The van der Waals surface area contributed by atoms with Crippen molar-refractivity contribution in [3.05, 3.63) is 0 Å². The van der Waals surface area contributed by atoms with Crippen LogP contribution in [0.2, 0.25) is 0 Å². The Bertz CT molecular complexity index is 35.9. The molecule has 0 aliphatic heterocycles. The zero-order chi connectivity index (χ0) is 5.70. The minimum Gasteiger partial charge on any atom is -0.164 e. The van der Waals surface area contributed by atoms with E-state index in [2.05, 4.69) is 32.2 Å². The zero-order valence-electron chi connectivity index (χ0n) is 4.29. The molecular weight excluding hydrogens is 144 g/mol. The summed E-state index contributed by atoms with van der Waals surface area (Å²) in [6.07, 6.45) is 0. The van der Waals surface area contributed by atoms with Crippen molar-refractivity contribution < 1.29 is 0 Å². The van der Waals surface area contributed by atoms with E-state index in [1.54, 1.807) is 0 Å². The Labute approximate surface area is 60.3 Å². The molecule has 0 radical (unpaired) electrons. The normalized spacial score (nSPS) is 10.3. The Balaban J connectivity index is 2.68. The van der Waals surface area contributed by atoms with E-state index in [1.165, 1.54) is 0 Å². The van der Waals surface area contributed by atoms with Crippen molar-refractivity contribution in [2.45, 2.75) is 11.5 Å². The second-order valence-corrected chi connectivity index (χ2v) is 4.11. The third kappa shape index (κ3) is 7.05. The molecule has 0 nitrogen and oxygen atoms in total. The molecule has 0 atom stereocenters. The first-order chi connectivity index (χ1) is 3.27. The van der Waals surface area contributed by atoms with Gasteiger partial charge in [0, 0.05) is 5.75 Å². The number of hydrogen-bond donors (Lipinski definition) is 2. The number of thiol groups is 2. The van der Waals surface area contributed by atoms with Crippen molar-refractivity contribution in [1.82, 2.24) is 0 Å². The largest absolute Gasteiger partial charge is 0.164 e. The molecule has 0 bridgehead atoms. The predicted octanol–water partition coefficient (Wildman–Crippen LogP) is 1.93. The van der Waals surface area contributed by atoms with Gasteiger partial charge in [-0.1, -0.05) is 6.92 Å². The maximum Gasteiger partial charge on any atom is 0.0532 e. The van der Waals surface area contributed by atoms with Gasteiger partial charge in [0.05, 0.1) is 4.58 Å². The molecule has 0 fully saturated rings. The summed E-state index contributed by atoms with van der Waals surface area (Å²) in [7, 11) is 0. The molecule has 44 valence electrons. The highest BCUT2D eigenvalue weighted by molar-refractivity contribution is 8.04. The van der Waals surface area contributed by atoms with Gasteiger partial charge in [-0.2, -0.15) is 37.0 Å². The Hall–Kier alpha value is 1.05. The quantitative estimate of drug-likeness (QED) is 0.463. The SMILES string of the molecule is CCSCC(S)S.